The fraction of sp³-hybridized carbons (Fsp3) is 0.579. The van der Waals surface area contributed by atoms with Crippen LogP contribution < -0.4 is 16.0 Å². The molecule has 5 nitrogen and oxygen atoms in total. The molecule has 0 unspecified atom stereocenters. The average molecular weight is 492 g/mol. The topological polar surface area (TPSA) is 65.5 Å². The molecule has 1 aromatic carbocycles. The third kappa shape index (κ3) is 9.66. The number of aliphatic imine (C=N–C) groups is 1. The molecule has 0 aliphatic heterocycles. The first-order chi connectivity index (χ1) is 11.9. The molecule has 0 saturated carbocycles. The van der Waals surface area contributed by atoms with Crippen molar-refractivity contribution in [3.8, 4) is 0 Å². The lowest BCUT2D eigenvalue weighted by Crippen LogP contribution is -2.42. The Hall–Kier alpha value is -0.960. The van der Waals surface area contributed by atoms with Gasteiger partial charge >= 0.3 is 0 Å². The molecule has 0 fully saturated rings. The normalized spacial score (nSPS) is 11.5. The number of thioether (sulfide) groups is 1. The summed E-state index contributed by atoms with van der Waals surface area (Å²) in [7, 11) is 1.77. The summed E-state index contributed by atoms with van der Waals surface area (Å²) in [6.45, 7) is 8.73. The third-order valence-corrected chi connectivity index (χ3v) is 5.20. The molecule has 1 aromatic rings. The van der Waals surface area contributed by atoms with E-state index in [1.807, 2.05) is 36.0 Å². The SMILES string of the molecule is CCCCNC(=O)c1ccc(CNC(=NC)NCC(C)(C)SC)cc1.I. The van der Waals surface area contributed by atoms with Gasteiger partial charge in [0.05, 0.1) is 0 Å². The molecule has 0 atom stereocenters. The summed E-state index contributed by atoms with van der Waals surface area (Å²) >= 11 is 1.82. The summed E-state index contributed by atoms with van der Waals surface area (Å²) in [5, 5.41) is 9.57. The number of amides is 1. The van der Waals surface area contributed by atoms with Crippen LogP contribution in [0.25, 0.3) is 0 Å². The third-order valence-electron chi connectivity index (χ3n) is 3.95. The lowest BCUT2D eigenvalue weighted by Gasteiger charge is -2.23. The van der Waals surface area contributed by atoms with E-state index >= 15 is 0 Å². The number of benzene rings is 1. The van der Waals surface area contributed by atoms with Gasteiger partial charge in [-0.2, -0.15) is 11.8 Å². The zero-order valence-corrected chi connectivity index (χ0v) is 19.7. The zero-order valence-electron chi connectivity index (χ0n) is 16.5. The Kier molecular flexibility index (Phi) is 12.8. The maximum atomic E-state index is 12.0. The van der Waals surface area contributed by atoms with Crippen molar-refractivity contribution < 1.29 is 4.79 Å². The number of nitrogens with one attached hydrogen (secondary N) is 3. The van der Waals surface area contributed by atoms with Crippen molar-refractivity contribution in [2.45, 2.75) is 44.9 Å². The van der Waals surface area contributed by atoms with Crippen molar-refractivity contribution in [3.05, 3.63) is 35.4 Å². The van der Waals surface area contributed by atoms with Crippen LogP contribution in [0.5, 0.6) is 0 Å². The van der Waals surface area contributed by atoms with Crippen molar-refractivity contribution in [1.82, 2.24) is 16.0 Å². The van der Waals surface area contributed by atoms with E-state index in [0.717, 1.165) is 37.5 Å². The fourth-order valence-corrected chi connectivity index (χ4v) is 2.25. The van der Waals surface area contributed by atoms with Crippen LogP contribution in [0.2, 0.25) is 0 Å². The van der Waals surface area contributed by atoms with E-state index < -0.39 is 0 Å². The molecule has 0 radical (unpaired) electrons. The number of nitrogens with zero attached hydrogens (tertiary/aromatic N) is 1. The molecular formula is C19H33IN4OS. The van der Waals surface area contributed by atoms with E-state index in [2.05, 4.69) is 48.0 Å². The second-order valence-electron chi connectivity index (χ2n) is 6.55. The fourth-order valence-electron chi connectivity index (χ4n) is 2.03. The summed E-state index contributed by atoms with van der Waals surface area (Å²) in [4.78, 5) is 16.2. The van der Waals surface area contributed by atoms with Crippen molar-refractivity contribution in [3.63, 3.8) is 0 Å². The van der Waals surface area contributed by atoms with Gasteiger partial charge in [0.25, 0.3) is 5.91 Å². The minimum atomic E-state index is -0.00951. The number of halogens is 1. The highest BCUT2D eigenvalue weighted by molar-refractivity contribution is 14.0. The van der Waals surface area contributed by atoms with Crippen LogP contribution in [-0.2, 0) is 6.54 Å². The standard InChI is InChI=1S/C19H32N4OS.HI/c1-6-7-12-21-17(24)16-10-8-15(9-11-16)13-22-18(20-4)23-14-19(2,3)25-5;/h8-11H,6-7,12-14H2,1-5H3,(H,21,24)(H2,20,22,23);1H. The van der Waals surface area contributed by atoms with Crippen LogP contribution in [-0.4, -0.2) is 43.0 Å². The van der Waals surface area contributed by atoms with Crippen LogP contribution in [0.1, 0.15) is 49.5 Å². The van der Waals surface area contributed by atoms with Crippen LogP contribution >= 0.6 is 35.7 Å². The van der Waals surface area contributed by atoms with Gasteiger partial charge in [-0.05, 0) is 44.2 Å². The monoisotopic (exact) mass is 492 g/mol. The van der Waals surface area contributed by atoms with Gasteiger partial charge in [-0.3, -0.25) is 9.79 Å². The van der Waals surface area contributed by atoms with Crippen LogP contribution in [0.4, 0.5) is 0 Å². The molecule has 0 heterocycles. The molecule has 0 aromatic heterocycles. The number of hydrogen-bond donors (Lipinski definition) is 3. The lowest BCUT2D eigenvalue weighted by atomic mass is 10.1. The number of carbonyl (C=O) groups excluding carboxylic acids is 1. The smallest absolute Gasteiger partial charge is 0.251 e. The number of hydrogen-bond acceptors (Lipinski definition) is 3. The Labute approximate surface area is 179 Å². The summed E-state index contributed by atoms with van der Waals surface area (Å²) in [5.74, 6) is 0.772. The quantitative estimate of drug-likeness (QED) is 0.213. The van der Waals surface area contributed by atoms with Gasteiger partial charge in [0.2, 0.25) is 0 Å². The summed E-state index contributed by atoms with van der Waals surface area (Å²) in [6, 6.07) is 7.68. The second-order valence-corrected chi connectivity index (χ2v) is 8.06. The number of carbonyl (C=O) groups is 1. The maximum absolute atomic E-state index is 12.0. The Morgan fingerprint density at radius 1 is 1.15 bits per heavy atom. The second kappa shape index (κ2) is 13.2. The molecule has 1 rings (SSSR count). The maximum Gasteiger partial charge on any atom is 0.251 e. The van der Waals surface area contributed by atoms with Gasteiger partial charge in [-0.25, -0.2) is 0 Å². The first-order valence-electron chi connectivity index (χ1n) is 8.78. The Morgan fingerprint density at radius 3 is 2.35 bits per heavy atom. The van der Waals surface area contributed by atoms with Gasteiger partial charge in [-0.1, -0.05) is 25.5 Å². The van der Waals surface area contributed by atoms with Crippen molar-refractivity contribution in [2.24, 2.45) is 4.99 Å². The zero-order chi connectivity index (χ0) is 18.7. The average Bonchev–Trinajstić information content (AvgIpc) is 2.62. The Morgan fingerprint density at radius 2 is 1.81 bits per heavy atom. The predicted molar refractivity (Wildman–Crippen MR) is 125 cm³/mol. The molecule has 0 aliphatic carbocycles. The molecule has 7 heteroatoms. The predicted octanol–water partition coefficient (Wildman–Crippen LogP) is 3.64. The largest absolute Gasteiger partial charge is 0.355 e. The van der Waals surface area contributed by atoms with Gasteiger partial charge in [-0.15, -0.1) is 24.0 Å². The first-order valence-corrected chi connectivity index (χ1v) is 10.0. The highest BCUT2D eigenvalue weighted by Gasteiger charge is 2.16. The van der Waals surface area contributed by atoms with Gasteiger partial charge in [0.1, 0.15) is 0 Å². The minimum absolute atomic E-state index is 0. The molecule has 3 N–H and O–H groups in total. The van der Waals surface area contributed by atoms with E-state index in [0.29, 0.717) is 12.1 Å². The summed E-state index contributed by atoms with van der Waals surface area (Å²) in [6.07, 6.45) is 4.19. The molecular weight excluding hydrogens is 459 g/mol. The van der Waals surface area contributed by atoms with E-state index in [-0.39, 0.29) is 34.6 Å². The lowest BCUT2D eigenvalue weighted by molar-refractivity contribution is 0.0953. The van der Waals surface area contributed by atoms with Crippen LogP contribution in [0, 0.1) is 0 Å². The molecule has 26 heavy (non-hydrogen) atoms. The molecule has 0 bridgehead atoms. The minimum Gasteiger partial charge on any atom is -0.355 e. The summed E-state index contributed by atoms with van der Waals surface area (Å²) < 4.78 is 0.157. The van der Waals surface area contributed by atoms with E-state index in [9.17, 15) is 4.79 Å². The van der Waals surface area contributed by atoms with Crippen LogP contribution in [0.3, 0.4) is 0 Å². The Bertz CT molecular complexity index is 561. The molecule has 148 valence electrons. The molecule has 0 saturated heterocycles. The van der Waals surface area contributed by atoms with E-state index in [1.165, 1.54) is 0 Å². The number of guanidine groups is 1. The van der Waals surface area contributed by atoms with Gasteiger partial charge < -0.3 is 16.0 Å². The van der Waals surface area contributed by atoms with Crippen molar-refractivity contribution >= 4 is 47.6 Å². The highest BCUT2D eigenvalue weighted by atomic mass is 127. The van der Waals surface area contributed by atoms with Gasteiger partial charge in [0.15, 0.2) is 5.96 Å². The first kappa shape index (κ1) is 25.0. The summed E-state index contributed by atoms with van der Waals surface area (Å²) in [5.41, 5.74) is 1.81. The van der Waals surface area contributed by atoms with E-state index in [1.54, 1.807) is 7.05 Å². The van der Waals surface area contributed by atoms with Crippen molar-refractivity contribution in [2.75, 3.05) is 26.4 Å². The molecule has 0 aliphatic rings. The molecule has 0 spiro atoms. The van der Waals surface area contributed by atoms with Crippen molar-refractivity contribution in [1.29, 1.82) is 0 Å². The van der Waals surface area contributed by atoms with E-state index in [4.69, 9.17) is 0 Å². The van der Waals surface area contributed by atoms with Crippen LogP contribution in [0.15, 0.2) is 29.3 Å². The van der Waals surface area contributed by atoms with Gasteiger partial charge in [0, 0.05) is 37.0 Å². The number of rotatable bonds is 9. The Balaban J connectivity index is 0.00000625. The highest BCUT2D eigenvalue weighted by Crippen LogP contribution is 2.19. The number of unbranched alkanes of at least 4 members (excludes halogenated alkanes) is 1. The molecule has 1 amide bonds.